The summed E-state index contributed by atoms with van der Waals surface area (Å²) in [5.41, 5.74) is 4.57. The van der Waals surface area contributed by atoms with Crippen LogP contribution in [0.25, 0.3) is 0 Å². The molecule has 204 valence electrons. The fourth-order valence-electron chi connectivity index (χ4n) is 4.91. The van der Waals surface area contributed by atoms with Crippen molar-refractivity contribution in [3.8, 4) is 11.5 Å². The number of ether oxygens (including phenoxy) is 3. The van der Waals surface area contributed by atoms with Crippen LogP contribution < -0.4 is 21.2 Å². The van der Waals surface area contributed by atoms with E-state index in [9.17, 15) is 4.79 Å². The molecule has 2 aliphatic heterocycles. The Hall–Kier alpha value is -3.95. The maximum Gasteiger partial charge on any atom is 0.306 e. The number of benzene rings is 2. The minimum absolute atomic E-state index is 0.122. The SMILES string of the molecule is CCOC(=O)CCc1cc(OC2CCN(C=NN)CC2)ccc1COc1ccc2c(c1)CN(C=NN)CC2. The topological polar surface area (TPSA) is 128 Å². The molecule has 0 aromatic heterocycles. The minimum atomic E-state index is -0.208. The summed E-state index contributed by atoms with van der Waals surface area (Å²) < 4.78 is 17.7. The first-order valence-electron chi connectivity index (χ1n) is 13.2. The number of hydrazone groups is 2. The lowest BCUT2D eigenvalue weighted by atomic mass is 10.00. The lowest BCUT2D eigenvalue weighted by Crippen LogP contribution is -2.37. The van der Waals surface area contributed by atoms with Gasteiger partial charge in [-0.3, -0.25) is 4.79 Å². The molecule has 2 heterocycles. The number of aryl methyl sites for hydroxylation is 1. The lowest BCUT2D eigenvalue weighted by molar-refractivity contribution is -0.143. The number of nitrogens with two attached hydrogens (primary N) is 2. The fourth-order valence-corrected chi connectivity index (χ4v) is 4.91. The number of fused-ring (bicyclic) bond motifs is 1. The number of rotatable bonds is 11. The molecule has 4 rings (SSSR count). The second-order valence-corrected chi connectivity index (χ2v) is 9.56. The molecular weight excluding hydrogens is 484 g/mol. The molecule has 0 bridgehead atoms. The predicted octanol–water partition coefficient (Wildman–Crippen LogP) is 2.77. The van der Waals surface area contributed by atoms with Gasteiger partial charge in [0.2, 0.25) is 0 Å². The Kier molecular flexibility index (Phi) is 9.66. The summed E-state index contributed by atoms with van der Waals surface area (Å²) >= 11 is 0. The van der Waals surface area contributed by atoms with Crippen LogP contribution in [0.1, 0.15) is 48.4 Å². The van der Waals surface area contributed by atoms with Crippen LogP contribution in [0.3, 0.4) is 0 Å². The Morgan fingerprint density at radius 3 is 2.50 bits per heavy atom. The summed E-state index contributed by atoms with van der Waals surface area (Å²) in [5, 5.41) is 7.26. The Balaban J connectivity index is 1.43. The first-order valence-corrected chi connectivity index (χ1v) is 13.2. The summed E-state index contributed by atoms with van der Waals surface area (Å²) in [7, 11) is 0. The maximum absolute atomic E-state index is 12.1. The van der Waals surface area contributed by atoms with Gasteiger partial charge in [0.25, 0.3) is 0 Å². The van der Waals surface area contributed by atoms with Gasteiger partial charge < -0.3 is 35.7 Å². The van der Waals surface area contributed by atoms with Gasteiger partial charge in [0, 0.05) is 45.4 Å². The molecule has 0 unspecified atom stereocenters. The summed E-state index contributed by atoms with van der Waals surface area (Å²) in [4.78, 5) is 16.3. The van der Waals surface area contributed by atoms with Crippen molar-refractivity contribution in [3.63, 3.8) is 0 Å². The molecule has 10 heteroatoms. The third-order valence-corrected chi connectivity index (χ3v) is 6.93. The second kappa shape index (κ2) is 13.6. The van der Waals surface area contributed by atoms with Gasteiger partial charge in [0.1, 0.15) is 36.9 Å². The van der Waals surface area contributed by atoms with Crippen molar-refractivity contribution in [1.82, 2.24) is 9.80 Å². The molecule has 0 spiro atoms. The number of nitrogens with zero attached hydrogens (tertiary/aromatic N) is 4. The van der Waals surface area contributed by atoms with Crippen LogP contribution in [-0.2, 0) is 35.5 Å². The molecule has 1 fully saturated rings. The van der Waals surface area contributed by atoms with E-state index < -0.39 is 0 Å². The largest absolute Gasteiger partial charge is 0.490 e. The highest BCUT2D eigenvalue weighted by Crippen LogP contribution is 2.27. The van der Waals surface area contributed by atoms with Crippen molar-refractivity contribution in [1.29, 1.82) is 0 Å². The van der Waals surface area contributed by atoms with Crippen molar-refractivity contribution >= 4 is 18.6 Å². The van der Waals surface area contributed by atoms with Crippen molar-refractivity contribution in [3.05, 3.63) is 58.7 Å². The van der Waals surface area contributed by atoms with Crippen LogP contribution in [0, 0.1) is 0 Å². The Labute approximate surface area is 224 Å². The van der Waals surface area contributed by atoms with Gasteiger partial charge in [0.15, 0.2) is 0 Å². The quantitative estimate of drug-likeness (QED) is 0.152. The van der Waals surface area contributed by atoms with Gasteiger partial charge in [0.05, 0.1) is 6.61 Å². The monoisotopic (exact) mass is 522 g/mol. The summed E-state index contributed by atoms with van der Waals surface area (Å²) in [6.07, 6.45) is 7.05. The van der Waals surface area contributed by atoms with Crippen LogP contribution in [0.5, 0.6) is 11.5 Å². The first kappa shape index (κ1) is 27.1. The number of esters is 1. The molecule has 2 aliphatic rings. The maximum atomic E-state index is 12.1. The number of hydrogen-bond acceptors (Lipinski definition) is 8. The van der Waals surface area contributed by atoms with Crippen LogP contribution in [0.15, 0.2) is 46.6 Å². The van der Waals surface area contributed by atoms with E-state index in [0.717, 1.165) is 68.1 Å². The fraction of sp³-hybridized carbons (Fsp3) is 0.464. The highest BCUT2D eigenvalue weighted by molar-refractivity contribution is 5.69. The second-order valence-electron chi connectivity index (χ2n) is 9.56. The number of likely N-dealkylation sites (tertiary alicyclic amines) is 1. The molecule has 2 aromatic carbocycles. The Morgan fingerprint density at radius 2 is 1.74 bits per heavy atom. The van der Waals surface area contributed by atoms with Crippen molar-refractivity contribution in [2.45, 2.75) is 58.3 Å². The molecule has 2 aromatic rings. The van der Waals surface area contributed by atoms with Gasteiger partial charge in [-0.1, -0.05) is 12.1 Å². The van der Waals surface area contributed by atoms with E-state index >= 15 is 0 Å². The van der Waals surface area contributed by atoms with Gasteiger partial charge in [-0.2, -0.15) is 10.2 Å². The highest BCUT2D eigenvalue weighted by atomic mass is 16.5. The van der Waals surface area contributed by atoms with E-state index in [1.165, 1.54) is 11.1 Å². The van der Waals surface area contributed by atoms with Gasteiger partial charge in [-0.25, -0.2) is 0 Å². The molecule has 10 nitrogen and oxygen atoms in total. The zero-order valence-electron chi connectivity index (χ0n) is 22.1. The van der Waals surface area contributed by atoms with Crippen molar-refractivity contribution < 1.29 is 19.0 Å². The molecular formula is C28H38N6O4. The molecule has 0 atom stereocenters. The Morgan fingerprint density at radius 1 is 0.974 bits per heavy atom. The van der Waals surface area contributed by atoms with Gasteiger partial charge in [-0.05, 0) is 66.3 Å². The summed E-state index contributed by atoms with van der Waals surface area (Å²) in [6, 6.07) is 12.3. The van der Waals surface area contributed by atoms with Gasteiger partial charge in [-0.15, -0.1) is 0 Å². The van der Waals surface area contributed by atoms with Crippen LogP contribution in [0.2, 0.25) is 0 Å². The van der Waals surface area contributed by atoms with Crippen molar-refractivity contribution in [2.24, 2.45) is 21.9 Å². The summed E-state index contributed by atoms with van der Waals surface area (Å²) in [5.74, 6) is 12.0. The van der Waals surface area contributed by atoms with E-state index in [4.69, 9.17) is 25.9 Å². The standard InChI is InChI=1S/C28H38N6O4/c1-2-36-28(35)8-5-22-15-27(38-25-10-13-33(14-11-25)19-31-29)7-4-23(22)18-37-26-6-3-21-9-12-34(20-32-30)17-24(21)16-26/h3-4,6-7,15-16,19-20,25H,2,5,8-14,17-18,29-30H2,1H3. The molecule has 38 heavy (non-hydrogen) atoms. The zero-order valence-corrected chi connectivity index (χ0v) is 22.1. The van der Waals surface area contributed by atoms with Crippen LogP contribution in [-0.4, -0.2) is 60.8 Å². The van der Waals surface area contributed by atoms with Gasteiger partial charge >= 0.3 is 5.97 Å². The highest BCUT2D eigenvalue weighted by Gasteiger charge is 2.20. The number of piperidine rings is 1. The molecule has 0 radical (unpaired) electrons. The molecule has 1 saturated heterocycles. The third kappa shape index (κ3) is 7.53. The third-order valence-electron chi connectivity index (χ3n) is 6.93. The summed E-state index contributed by atoms with van der Waals surface area (Å²) in [6.45, 7) is 5.93. The predicted molar refractivity (Wildman–Crippen MR) is 147 cm³/mol. The molecule has 0 amide bonds. The smallest absolute Gasteiger partial charge is 0.306 e. The Bertz CT molecular complexity index is 1130. The zero-order chi connectivity index (χ0) is 26.7. The van der Waals surface area contributed by atoms with Crippen molar-refractivity contribution in [2.75, 3.05) is 26.2 Å². The van der Waals surface area contributed by atoms with Crippen LogP contribution in [0.4, 0.5) is 0 Å². The normalized spacial score (nSPS) is 16.1. The number of carbonyl (C=O) groups is 1. The molecule has 4 N–H and O–H groups in total. The molecule has 0 aliphatic carbocycles. The van der Waals surface area contributed by atoms with Crippen LogP contribution >= 0.6 is 0 Å². The van der Waals surface area contributed by atoms with E-state index in [-0.39, 0.29) is 12.1 Å². The average molecular weight is 523 g/mol. The van der Waals surface area contributed by atoms with E-state index in [0.29, 0.717) is 26.1 Å². The lowest BCUT2D eigenvalue weighted by Gasteiger charge is -2.30. The number of carbonyl (C=O) groups excluding carboxylic acids is 1. The average Bonchev–Trinajstić information content (AvgIpc) is 2.93. The van der Waals surface area contributed by atoms with E-state index in [2.05, 4.69) is 32.1 Å². The minimum Gasteiger partial charge on any atom is -0.490 e. The number of hydrogen-bond donors (Lipinski definition) is 2. The van der Waals surface area contributed by atoms with E-state index in [1.807, 2.05) is 31.2 Å². The van der Waals surface area contributed by atoms with E-state index in [1.54, 1.807) is 12.7 Å². The first-order chi connectivity index (χ1) is 18.6. The molecule has 0 saturated carbocycles.